The molecule has 34 heavy (non-hydrogen) atoms. The van der Waals surface area contributed by atoms with Crippen LogP contribution in [0.2, 0.25) is 0 Å². The van der Waals surface area contributed by atoms with Gasteiger partial charge in [-0.1, -0.05) is 18.2 Å². The lowest BCUT2D eigenvalue weighted by atomic mass is 10.1. The van der Waals surface area contributed by atoms with Gasteiger partial charge in [-0.15, -0.1) is 0 Å². The fourth-order valence-electron chi connectivity index (χ4n) is 2.91. The molecular weight excluding hydrogens is 437 g/mol. The van der Waals surface area contributed by atoms with Gasteiger partial charge in [-0.3, -0.25) is 9.59 Å². The summed E-state index contributed by atoms with van der Waals surface area (Å²) in [4.78, 5) is 24.8. The van der Waals surface area contributed by atoms with E-state index in [4.69, 9.17) is 9.47 Å². The van der Waals surface area contributed by atoms with Gasteiger partial charge in [-0.25, -0.2) is 4.39 Å². The summed E-state index contributed by atoms with van der Waals surface area (Å²) >= 11 is 0. The summed E-state index contributed by atoms with van der Waals surface area (Å²) in [5.41, 5.74) is 1.26. The highest BCUT2D eigenvalue weighted by Crippen LogP contribution is 2.22. The summed E-state index contributed by atoms with van der Waals surface area (Å²) in [6.07, 6.45) is 1.39. The van der Waals surface area contributed by atoms with Crippen molar-refractivity contribution in [2.24, 2.45) is 0 Å². The molecule has 0 aliphatic rings. The summed E-state index contributed by atoms with van der Waals surface area (Å²) < 4.78 is 24.0. The topological polar surface area (TPSA) is 100 Å². The van der Waals surface area contributed by atoms with E-state index in [1.807, 2.05) is 13.0 Å². The van der Waals surface area contributed by atoms with Crippen LogP contribution in [-0.2, 0) is 9.59 Å². The third kappa shape index (κ3) is 6.93. The van der Waals surface area contributed by atoms with Crippen molar-refractivity contribution in [3.05, 3.63) is 89.8 Å². The monoisotopic (exact) mass is 459 g/mol. The number of para-hydroxylation sites is 1. The molecule has 0 aliphatic heterocycles. The molecule has 172 valence electrons. The highest BCUT2D eigenvalue weighted by atomic mass is 19.1. The lowest BCUT2D eigenvalue weighted by molar-refractivity contribution is -0.118. The van der Waals surface area contributed by atoms with E-state index in [0.717, 1.165) is 0 Å². The van der Waals surface area contributed by atoms with Gasteiger partial charge in [0.25, 0.3) is 11.8 Å². The number of hydrogen-bond donors (Lipinski definition) is 2. The maximum absolute atomic E-state index is 13.0. The van der Waals surface area contributed by atoms with Crippen LogP contribution in [0.3, 0.4) is 0 Å². The van der Waals surface area contributed by atoms with Gasteiger partial charge in [0.2, 0.25) is 0 Å². The van der Waals surface area contributed by atoms with Crippen LogP contribution in [-0.4, -0.2) is 25.0 Å². The van der Waals surface area contributed by atoms with Crippen molar-refractivity contribution in [2.45, 2.75) is 6.92 Å². The van der Waals surface area contributed by atoms with Crippen LogP contribution in [0.5, 0.6) is 11.5 Å². The quantitative estimate of drug-likeness (QED) is 0.354. The zero-order valence-corrected chi connectivity index (χ0v) is 18.4. The van der Waals surface area contributed by atoms with Crippen LogP contribution in [0.25, 0.3) is 6.08 Å². The summed E-state index contributed by atoms with van der Waals surface area (Å²) in [6.45, 7) is 2.09. The smallest absolute Gasteiger partial charge is 0.266 e. The van der Waals surface area contributed by atoms with Crippen LogP contribution in [0, 0.1) is 17.1 Å². The SMILES string of the molecule is CCOc1ccc(NC(=O)/C(C#N)=C/c2ccccc2OCC(=O)Nc2ccc(F)cc2)cc1. The molecule has 0 saturated carbocycles. The second-order valence-electron chi connectivity index (χ2n) is 6.96. The number of halogens is 1. The third-order valence-electron chi connectivity index (χ3n) is 4.49. The third-order valence-corrected chi connectivity index (χ3v) is 4.49. The van der Waals surface area contributed by atoms with E-state index in [-0.39, 0.29) is 12.2 Å². The Morgan fingerprint density at radius 1 is 0.941 bits per heavy atom. The lowest BCUT2D eigenvalue weighted by Gasteiger charge is -2.10. The van der Waals surface area contributed by atoms with E-state index in [9.17, 15) is 19.2 Å². The van der Waals surface area contributed by atoms with Gasteiger partial charge < -0.3 is 20.1 Å². The number of hydrogen-bond acceptors (Lipinski definition) is 5. The van der Waals surface area contributed by atoms with Gasteiger partial charge in [0, 0.05) is 16.9 Å². The Kier molecular flexibility index (Phi) is 8.36. The standard InChI is InChI=1S/C26H22FN3O4/c1-2-33-23-13-11-22(12-14-23)30-26(32)19(16-28)15-18-5-3-4-6-24(18)34-17-25(31)29-21-9-7-20(27)8-10-21/h3-15H,2,17H2,1H3,(H,29,31)(H,30,32)/b19-15+. The van der Waals surface area contributed by atoms with Crippen molar-refractivity contribution in [3.8, 4) is 17.6 Å². The Hall–Kier alpha value is -4.64. The number of nitrogens with one attached hydrogen (secondary N) is 2. The molecule has 8 heteroatoms. The molecule has 0 aromatic heterocycles. The predicted molar refractivity (Wildman–Crippen MR) is 127 cm³/mol. The Morgan fingerprint density at radius 2 is 1.59 bits per heavy atom. The number of carbonyl (C=O) groups is 2. The minimum absolute atomic E-state index is 0.138. The number of nitrogens with zero attached hydrogens (tertiary/aromatic N) is 1. The summed E-state index contributed by atoms with van der Waals surface area (Å²) in [5, 5.41) is 14.8. The van der Waals surface area contributed by atoms with E-state index < -0.39 is 17.6 Å². The van der Waals surface area contributed by atoms with E-state index >= 15 is 0 Å². The van der Waals surface area contributed by atoms with E-state index in [2.05, 4.69) is 10.6 Å². The minimum atomic E-state index is -0.587. The second kappa shape index (κ2) is 11.8. The zero-order chi connectivity index (χ0) is 24.3. The molecule has 3 aromatic rings. The second-order valence-corrected chi connectivity index (χ2v) is 6.96. The molecule has 2 amide bonds. The minimum Gasteiger partial charge on any atom is -0.494 e. The van der Waals surface area contributed by atoms with Gasteiger partial charge in [0.15, 0.2) is 6.61 Å². The van der Waals surface area contributed by atoms with Gasteiger partial charge in [0.1, 0.15) is 29.0 Å². The van der Waals surface area contributed by atoms with Crippen molar-refractivity contribution in [3.63, 3.8) is 0 Å². The van der Waals surface area contributed by atoms with E-state index in [0.29, 0.717) is 35.0 Å². The zero-order valence-electron chi connectivity index (χ0n) is 18.4. The number of rotatable bonds is 9. The van der Waals surface area contributed by atoms with Gasteiger partial charge in [-0.2, -0.15) is 5.26 Å². The molecule has 0 heterocycles. The first-order chi connectivity index (χ1) is 16.5. The summed E-state index contributed by atoms with van der Waals surface area (Å²) in [6, 6.07) is 20.7. The Morgan fingerprint density at radius 3 is 2.26 bits per heavy atom. The highest BCUT2D eigenvalue weighted by molar-refractivity contribution is 6.09. The first-order valence-corrected chi connectivity index (χ1v) is 10.4. The molecule has 2 N–H and O–H groups in total. The number of nitriles is 1. The molecular formula is C26H22FN3O4. The van der Waals surface area contributed by atoms with Gasteiger partial charge in [-0.05, 0) is 67.6 Å². The van der Waals surface area contributed by atoms with Crippen LogP contribution >= 0.6 is 0 Å². The number of amides is 2. The van der Waals surface area contributed by atoms with Crippen molar-refractivity contribution in [2.75, 3.05) is 23.8 Å². The molecule has 0 fully saturated rings. The molecule has 0 aliphatic carbocycles. The highest BCUT2D eigenvalue weighted by Gasteiger charge is 2.12. The van der Waals surface area contributed by atoms with E-state index in [1.54, 1.807) is 48.5 Å². The largest absolute Gasteiger partial charge is 0.494 e. The lowest BCUT2D eigenvalue weighted by Crippen LogP contribution is -2.20. The molecule has 0 bridgehead atoms. The maximum atomic E-state index is 13.0. The number of anilines is 2. The number of carbonyl (C=O) groups excluding carboxylic acids is 2. The van der Waals surface area contributed by atoms with Gasteiger partial charge in [0.05, 0.1) is 6.61 Å². The summed E-state index contributed by atoms with van der Waals surface area (Å²) in [5.74, 6) is -0.450. The van der Waals surface area contributed by atoms with Crippen molar-refractivity contribution < 1.29 is 23.5 Å². The fraction of sp³-hybridized carbons (Fsp3) is 0.115. The molecule has 0 unspecified atom stereocenters. The fourth-order valence-corrected chi connectivity index (χ4v) is 2.91. The van der Waals surface area contributed by atoms with Crippen LogP contribution in [0.4, 0.5) is 15.8 Å². The first kappa shape index (κ1) is 24.0. The van der Waals surface area contributed by atoms with Crippen LogP contribution < -0.4 is 20.1 Å². The van der Waals surface area contributed by atoms with Crippen LogP contribution in [0.15, 0.2) is 78.4 Å². The molecule has 0 radical (unpaired) electrons. The molecule has 7 nitrogen and oxygen atoms in total. The van der Waals surface area contributed by atoms with Crippen molar-refractivity contribution in [1.29, 1.82) is 5.26 Å². The van der Waals surface area contributed by atoms with Crippen LogP contribution in [0.1, 0.15) is 12.5 Å². The Balaban J connectivity index is 1.66. The average Bonchev–Trinajstić information content (AvgIpc) is 2.84. The maximum Gasteiger partial charge on any atom is 0.266 e. The van der Waals surface area contributed by atoms with E-state index in [1.165, 1.54) is 30.3 Å². The molecule has 0 atom stereocenters. The summed E-state index contributed by atoms with van der Waals surface area (Å²) in [7, 11) is 0. The first-order valence-electron chi connectivity index (χ1n) is 10.4. The van der Waals surface area contributed by atoms with Gasteiger partial charge >= 0.3 is 0 Å². The Bertz CT molecular complexity index is 1220. The Labute approximate surface area is 196 Å². The molecule has 0 saturated heterocycles. The predicted octanol–water partition coefficient (Wildman–Crippen LogP) is 4.79. The van der Waals surface area contributed by atoms with Crippen molar-refractivity contribution in [1.82, 2.24) is 0 Å². The average molecular weight is 459 g/mol. The molecule has 0 spiro atoms. The molecule has 3 aromatic carbocycles. The number of ether oxygens (including phenoxy) is 2. The number of benzene rings is 3. The molecule has 3 rings (SSSR count). The van der Waals surface area contributed by atoms with Crippen molar-refractivity contribution >= 4 is 29.3 Å². The normalized spacial score (nSPS) is 10.7.